The molecule has 0 aliphatic rings. The molecule has 0 saturated carbocycles. The van der Waals surface area contributed by atoms with E-state index < -0.39 is 0 Å². The zero-order valence-electron chi connectivity index (χ0n) is 6.82. The van der Waals surface area contributed by atoms with E-state index in [1.54, 1.807) is 12.1 Å². The Morgan fingerprint density at radius 2 is 2.36 bits per heavy atom. The lowest BCUT2D eigenvalue weighted by Gasteiger charge is -1.95. The van der Waals surface area contributed by atoms with E-state index in [2.05, 4.69) is 20.9 Å². The number of rotatable bonds is 0. The van der Waals surface area contributed by atoms with Crippen molar-refractivity contribution in [2.45, 2.75) is 0 Å². The summed E-state index contributed by atoms with van der Waals surface area (Å²) in [4.78, 5) is 15.5. The van der Waals surface area contributed by atoms with E-state index in [1.807, 2.05) is 0 Å². The number of fused-ring (bicyclic) bond motifs is 1. The zero-order valence-corrected chi connectivity index (χ0v) is 8.41. The van der Waals surface area contributed by atoms with E-state index in [-0.39, 0.29) is 16.7 Å². The van der Waals surface area contributed by atoms with Gasteiger partial charge in [0.2, 0.25) is 11.1 Å². The molecule has 0 radical (unpaired) electrons. The molecule has 0 unspecified atom stereocenters. The SMILES string of the molecule is N#Cc1coc2ncc(Br)cc2c1=O. The van der Waals surface area contributed by atoms with Crippen LogP contribution < -0.4 is 5.43 Å². The maximum atomic E-state index is 11.6. The molecule has 0 fully saturated rings. The van der Waals surface area contributed by atoms with E-state index in [1.165, 1.54) is 6.20 Å². The van der Waals surface area contributed by atoms with Gasteiger partial charge in [-0.1, -0.05) is 0 Å². The number of nitrogens with zero attached hydrogens (tertiary/aromatic N) is 2. The van der Waals surface area contributed by atoms with E-state index in [4.69, 9.17) is 9.68 Å². The van der Waals surface area contributed by atoms with Crippen LogP contribution in [0.1, 0.15) is 5.56 Å². The molecule has 0 N–H and O–H groups in total. The van der Waals surface area contributed by atoms with Crippen molar-refractivity contribution in [3.63, 3.8) is 0 Å². The van der Waals surface area contributed by atoms with E-state index in [0.29, 0.717) is 9.86 Å². The van der Waals surface area contributed by atoms with Gasteiger partial charge >= 0.3 is 0 Å². The van der Waals surface area contributed by atoms with E-state index in [9.17, 15) is 4.79 Å². The molecule has 0 atom stereocenters. The van der Waals surface area contributed by atoms with Gasteiger partial charge in [0.15, 0.2) is 0 Å². The van der Waals surface area contributed by atoms with Crippen LogP contribution in [0.3, 0.4) is 0 Å². The molecule has 2 aromatic rings. The summed E-state index contributed by atoms with van der Waals surface area (Å²) >= 11 is 3.19. The summed E-state index contributed by atoms with van der Waals surface area (Å²) in [5.41, 5.74) is -0.142. The smallest absolute Gasteiger partial charge is 0.229 e. The van der Waals surface area contributed by atoms with Crippen LogP contribution in [0, 0.1) is 11.3 Å². The molecule has 2 rings (SSSR count). The molecular weight excluding hydrogens is 248 g/mol. The second-order valence-electron chi connectivity index (χ2n) is 2.60. The van der Waals surface area contributed by atoms with Crippen molar-refractivity contribution in [3.8, 4) is 6.07 Å². The van der Waals surface area contributed by atoms with Gasteiger partial charge in [-0.15, -0.1) is 0 Å². The first-order valence-corrected chi connectivity index (χ1v) is 4.49. The Morgan fingerprint density at radius 3 is 3.07 bits per heavy atom. The number of hydrogen-bond donors (Lipinski definition) is 0. The fraction of sp³-hybridized carbons (Fsp3) is 0. The van der Waals surface area contributed by atoms with Gasteiger partial charge in [-0.2, -0.15) is 5.26 Å². The monoisotopic (exact) mass is 250 g/mol. The van der Waals surface area contributed by atoms with Crippen LogP contribution in [0.5, 0.6) is 0 Å². The second-order valence-corrected chi connectivity index (χ2v) is 3.51. The lowest BCUT2D eigenvalue weighted by molar-refractivity contribution is 0.587. The molecule has 0 saturated heterocycles. The average Bonchev–Trinajstić information content (AvgIpc) is 2.20. The first-order chi connectivity index (χ1) is 6.72. The number of nitriles is 1. The van der Waals surface area contributed by atoms with Crippen LogP contribution in [0.25, 0.3) is 11.1 Å². The first-order valence-electron chi connectivity index (χ1n) is 3.69. The summed E-state index contributed by atoms with van der Waals surface area (Å²) < 4.78 is 5.69. The van der Waals surface area contributed by atoms with Crippen molar-refractivity contribution < 1.29 is 4.42 Å². The normalized spacial score (nSPS) is 10.0. The second kappa shape index (κ2) is 3.24. The summed E-state index contributed by atoms with van der Waals surface area (Å²) in [6.07, 6.45) is 2.64. The van der Waals surface area contributed by atoms with Gasteiger partial charge in [0.05, 0.1) is 5.39 Å². The summed E-state index contributed by atoms with van der Waals surface area (Å²) in [6, 6.07) is 3.34. The molecule has 0 aromatic carbocycles. The molecular formula is C9H3BrN2O2. The van der Waals surface area contributed by atoms with Crippen molar-refractivity contribution >= 4 is 27.0 Å². The molecule has 68 valence electrons. The van der Waals surface area contributed by atoms with Crippen LogP contribution in [0.4, 0.5) is 0 Å². The van der Waals surface area contributed by atoms with Crippen molar-refractivity contribution in [1.29, 1.82) is 5.26 Å². The van der Waals surface area contributed by atoms with Crippen LogP contribution in [0.2, 0.25) is 0 Å². The highest BCUT2D eigenvalue weighted by atomic mass is 79.9. The van der Waals surface area contributed by atoms with Crippen molar-refractivity contribution in [2.24, 2.45) is 0 Å². The molecule has 0 aliphatic carbocycles. The molecule has 2 heterocycles. The standard InChI is InChI=1S/C9H3BrN2O2/c10-6-1-7-8(13)5(2-11)4-14-9(7)12-3-6/h1,3-4H. The van der Waals surface area contributed by atoms with Crippen molar-refractivity contribution in [2.75, 3.05) is 0 Å². The van der Waals surface area contributed by atoms with Gasteiger partial charge in [-0.3, -0.25) is 4.79 Å². The minimum atomic E-state index is -0.359. The van der Waals surface area contributed by atoms with Gasteiger partial charge in [0.25, 0.3) is 0 Å². The zero-order chi connectivity index (χ0) is 10.1. The highest BCUT2D eigenvalue weighted by Gasteiger charge is 2.07. The topological polar surface area (TPSA) is 66.9 Å². The number of pyridine rings is 1. The van der Waals surface area contributed by atoms with Crippen LogP contribution in [0.15, 0.2) is 32.2 Å². The summed E-state index contributed by atoms with van der Waals surface area (Å²) in [6.45, 7) is 0. The molecule has 0 bridgehead atoms. The lowest BCUT2D eigenvalue weighted by atomic mass is 10.2. The van der Waals surface area contributed by atoms with Gasteiger partial charge in [-0.05, 0) is 22.0 Å². The minimum Gasteiger partial charge on any atom is -0.444 e. The minimum absolute atomic E-state index is 0.0163. The molecule has 4 nitrogen and oxygen atoms in total. The van der Waals surface area contributed by atoms with Gasteiger partial charge in [0.1, 0.15) is 17.9 Å². The Morgan fingerprint density at radius 1 is 1.57 bits per heavy atom. The predicted octanol–water partition coefficient (Wildman–Crippen LogP) is 1.82. The summed E-state index contributed by atoms with van der Waals surface area (Å²) in [5, 5.41) is 8.91. The third-order valence-corrected chi connectivity index (χ3v) is 2.15. The Kier molecular flexibility index (Phi) is 2.06. The number of hydrogen-bond acceptors (Lipinski definition) is 4. The Bertz CT molecular complexity index is 598. The van der Waals surface area contributed by atoms with Crippen LogP contribution in [-0.4, -0.2) is 4.98 Å². The quantitative estimate of drug-likeness (QED) is 0.716. The van der Waals surface area contributed by atoms with Crippen LogP contribution >= 0.6 is 15.9 Å². The molecule has 0 amide bonds. The molecule has 0 aliphatic heterocycles. The highest BCUT2D eigenvalue weighted by Crippen LogP contribution is 2.14. The van der Waals surface area contributed by atoms with Crippen molar-refractivity contribution in [1.82, 2.24) is 4.98 Å². The predicted molar refractivity (Wildman–Crippen MR) is 52.7 cm³/mol. The maximum Gasteiger partial charge on any atom is 0.229 e. The maximum absolute atomic E-state index is 11.6. The first kappa shape index (κ1) is 8.91. The third-order valence-electron chi connectivity index (χ3n) is 1.72. The summed E-state index contributed by atoms with van der Waals surface area (Å²) in [7, 11) is 0. The Hall–Kier alpha value is -1.67. The molecule has 2 aromatic heterocycles. The average molecular weight is 251 g/mol. The highest BCUT2D eigenvalue weighted by molar-refractivity contribution is 9.10. The fourth-order valence-corrected chi connectivity index (χ4v) is 1.41. The fourth-order valence-electron chi connectivity index (χ4n) is 1.07. The van der Waals surface area contributed by atoms with Crippen LogP contribution in [-0.2, 0) is 0 Å². The Balaban J connectivity index is 2.96. The molecule has 5 heteroatoms. The lowest BCUT2D eigenvalue weighted by Crippen LogP contribution is -2.05. The van der Waals surface area contributed by atoms with Crippen molar-refractivity contribution in [3.05, 3.63) is 38.8 Å². The largest absolute Gasteiger partial charge is 0.444 e. The Labute approximate surface area is 86.9 Å². The number of halogens is 1. The molecule has 0 spiro atoms. The van der Waals surface area contributed by atoms with E-state index >= 15 is 0 Å². The third kappa shape index (κ3) is 1.30. The van der Waals surface area contributed by atoms with Gasteiger partial charge < -0.3 is 4.42 Å². The molecule has 14 heavy (non-hydrogen) atoms. The van der Waals surface area contributed by atoms with E-state index in [0.717, 1.165) is 6.26 Å². The summed E-state index contributed by atoms with van der Waals surface area (Å²) in [5.74, 6) is 0. The number of aromatic nitrogens is 1. The van der Waals surface area contributed by atoms with Gasteiger partial charge in [0, 0.05) is 10.7 Å². The van der Waals surface area contributed by atoms with Gasteiger partial charge in [-0.25, -0.2) is 4.98 Å².